The molecule has 2 aromatic rings. The molecule has 0 aliphatic carbocycles. The monoisotopic (exact) mass is 230 g/mol. The molecule has 6 heteroatoms. The number of rotatable bonds is 1. The molecule has 1 aliphatic heterocycles. The normalized spacial score (nSPS) is 20.6. The maximum absolute atomic E-state index is 11.6. The third-order valence-corrected chi connectivity index (χ3v) is 2.79. The van der Waals surface area contributed by atoms with Gasteiger partial charge in [0.05, 0.1) is 0 Å². The summed E-state index contributed by atoms with van der Waals surface area (Å²) in [5, 5.41) is 10.8. The minimum atomic E-state index is -0.486. The Morgan fingerprint density at radius 3 is 2.41 bits per heavy atom. The number of fused-ring (bicyclic) bond motifs is 1. The average molecular weight is 230 g/mol. The van der Waals surface area contributed by atoms with Crippen LogP contribution >= 0.6 is 0 Å². The van der Waals surface area contributed by atoms with Crippen molar-refractivity contribution in [3.05, 3.63) is 24.3 Å². The zero-order valence-electron chi connectivity index (χ0n) is 8.96. The highest BCUT2D eigenvalue weighted by molar-refractivity contribution is 5.99. The second kappa shape index (κ2) is 3.65. The number of hydrogen-bond acceptors (Lipinski definition) is 4. The molecule has 1 N–H and O–H groups in total. The fourth-order valence-corrected chi connectivity index (χ4v) is 1.92. The summed E-state index contributed by atoms with van der Waals surface area (Å²) in [6.45, 7) is 0. The largest absolute Gasteiger partial charge is 0.295 e. The van der Waals surface area contributed by atoms with Crippen LogP contribution in [0.25, 0.3) is 11.0 Å². The van der Waals surface area contributed by atoms with E-state index in [1.165, 1.54) is 4.80 Å². The molecule has 86 valence electrons. The Morgan fingerprint density at radius 2 is 1.82 bits per heavy atom. The Morgan fingerprint density at radius 1 is 1.18 bits per heavy atom. The highest BCUT2D eigenvalue weighted by Gasteiger charge is 2.29. The van der Waals surface area contributed by atoms with Gasteiger partial charge in [0.2, 0.25) is 5.91 Å². The number of benzene rings is 1. The molecule has 0 saturated carbocycles. The lowest BCUT2D eigenvalue weighted by molar-refractivity contribution is -0.136. The Balaban J connectivity index is 1.98. The number of carbonyl (C=O) groups is 2. The van der Waals surface area contributed by atoms with E-state index >= 15 is 0 Å². The van der Waals surface area contributed by atoms with Gasteiger partial charge in [-0.3, -0.25) is 14.9 Å². The molecule has 2 amide bonds. The van der Waals surface area contributed by atoms with Gasteiger partial charge in [0, 0.05) is 6.42 Å². The van der Waals surface area contributed by atoms with E-state index in [0.717, 1.165) is 11.0 Å². The molecule has 3 rings (SSSR count). The quantitative estimate of drug-likeness (QED) is 0.720. The van der Waals surface area contributed by atoms with Crippen molar-refractivity contribution in [2.75, 3.05) is 0 Å². The standard InChI is InChI=1S/C11H10N4O2/c16-10-6-5-9(11(17)12-10)15-13-7-3-1-2-4-8(7)14-15/h1-4,9H,5-6H2,(H,12,16,17)/t9-/m0/s1. The molecule has 2 heterocycles. The molecule has 1 atom stereocenters. The molecule has 0 spiro atoms. The first-order chi connectivity index (χ1) is 8.24. The van der Waals surface area contributed by atoms with Crippen molar-refractivity contribution >= 4 is 22.8 Å². The van der Waals surface area contributed by atoms with E-state index in [1.54, 1.807) is 0 Å². The lowest BCUT2D eigenvalue weighted by atomic mass is 10.1. The fourth-order valence-electron chi connectivity index (χ4n) is 1.92. The summed E-state index contributed by atoms with van der Waals surface area (Å²) in [4.78, 5) is 24.1. The van der Waals surface area contributed by atoms with Crippen LogP contribution in [-0.2, 0) is 9.59 Å². The number of piperidine rings is 1. The summed E-state index contributed by atoms with van der Waals surface area (Å²) in [6.07, 6.45) is 0.778. The zero-order chi connectivity index (χ0) is 11.8. The van der Waals surface area contributed by atoms with Crippen LogP contribution in [-0.4, -0.2) is 26.8 Å². The summed E-state index contributed by atoms with van der Waals surface area (Å²) < 4.78 is 0. The second-order valence-electron chi connectivity index (χ2n) is 3.98. The molecule has 1 aliphatic rings. The zero-order valence-corrected chi connectivity index (χ0v) is 8.96. The Labute approximate surface area is 96.6 Å². The number of hydrogen-bond donors (Lipinski definition) is 1. The molecule has 17 heavy (non-hydrogen) atoms. The summed E-state index contributed by atoms with van der Waals surface area (Å²) in [5.74, 6) is -0.565. The summed E-state index contributed by atoms with van der Waals surface area (Å²) in [5.41, 5.74) is 1.49. The van der Waals surface area contributed by atoms with Gasteiger partial charge in [-0.05, 0) is 18.6 Å². The molecule has 6 nitrogen and oxygen atoms in total. The van der Waals surface area contributed by atoms with E-state index < -0.39 is 6.04 Å². The van der Waals surface area contributed by atoms with Gasteiger partial charge < -0.3 is 0 Å². The number of carbonyl (C=O) groups excluding carboxylic acids is 2. The van der Waals surface area contributed by atoms with Crippen LogP contribution in [0.1, 0.15) is 18.9 Å². The predicted molar refractivity (Wildman–Crippen MR) is 58.9 cm³/mol. The molecular formula is C11H10N4O2. The highest BCUT2D eigenvalue weighted by atomic mass is 16.2. The molecular weight excluding hydrogens is 220 g/mol. The third-order valence-electron chi connectivity index (χ3n) is 2.79. The lowest BCUT2D eigenvalue weighted by Gasteiger charge is -2.19. The van der Waals surface area contributed by atoms with Gasteiger partial charge in [0.15, 0.2) is 6.04 Å². The van der Waals surface area contributed by atoms with E-state index in [9.17, 15) is 9.59 Å². The topological polar surface area (TPSA) is 76.9 Å². The maximum atomic E-state index is 11.6. The molecule has 1 aromatic carbocycles. The van der Waals surface area contributed by atoms with Gasteiger partial charge in [-0.15, -0.1) is 0 Å². The number of aromatic nitrogens is 3. The van der Waals surface area contributed by atoms with Crippen LogP contribution in [0.5, 0.6) is 0 Å². The van der Waals surface area contributed by atoms with Gasteiger partial charge in [-0.2, -0.15) is 15.0 Å². The molecule has 1 saturated heterocycles. The third kappa shape index (κ3) is 1.67. The Kier molecular flexibility index (Phi) is 2.14. The van der Waals surface area contributed by atoms with Gasteiger partial charge >= 0.3 is 0 Å². The van der Waals surface area contributed by atoms with Crippen molar-refractivity contribution in [3.63, 3.8) is 0 Å². The molecule has 0 radical (unpaired) electrons. The van der Waals surface area contributed by atoms with Crippen LogP contribution in [0, 0.1) is 0 Å². The number of amides is 2. The summed E-state index contributed by atoms with van der Waals surface area (Å²) in [6, 6.07) is 6.92. The first kappa shape index (κ1) is 9.95. The van der Waals surface area contributed by atoms with Crippen molar-refractivity contribution in [1.29, 1.82) is 0 Å². The van der Waals surface area contributed by atoms with Crippen LogP contribution in [0.15, 0.2) is 24.3 Å². The van der Waals surface area contributed by atoms with Crippen LogP contribution < -0.4 is 5.32 Å². The predicted octanol–water partition coefficient (Wildman–Crippen LogP) is 0.409. The minimum Gasteiger partial charge on any atom is -0.295 e. The van der Waals surface area contributed by atoms with Gasteiger partial charge in [-0.1, -0.05) is 12.1 Å². The SMILES string of the molecule is O=C1CC[C@H](n2nc3ccccc3n2)C(=O)N1. The molecule has 1 fully saturated rings. The van der Waals surface area contributed by atoms with Crippen LogP contribution in [0.4, 0.5) is 0 Å². The molecule has 1 aromatic heterocycles. The van der Waals surface area contributed by atoms with E-state index in [-0.39, 0.29) is 11.8 Å². The van der Waals surface area contributed by atoms with Crippen molar-refractivity contribution < 1.29 is 9.59 Å². The summed E-state index contributed by atoms with van der Waals surface area (Å²) in [7, 11) is 0. The molecule has 0 unspecified atom stereocenters. The Hall–Kier alpha value is -2.24. The van der Waals surface area contributed by atoms with Crippen molar-refractivity contribution in [1.82, 2.24) is 20.3 Å². The second-order valence-corrected chi connectivity index (χ2v) is 3.98. The van der Waals surface area contributed by atoms with Crippen molar-refractivity contribution in [2.45, 2.75) is 18.9 Å². The first-order valence-electron chi connectivity index (χ1n) is 5.39. The van der Waals surface area contributed by atoms with Crippen molar-refractivity contribution in [2.24, 2.45) is 0 Å². The van der Waals surface area contributed by atoms with E-state index in [1.807, 2.05) is 24.3 Å². The van der Waals surface area contributed by atoms with E-state index in [0.29, 0.717) is 12.8 Å². The Bertz CT molecular complexity index is 571. The number of nitrogens with one attached hydrogen (secondary N) is 1. The minimum absolute atomic E-state index is 0.233. The first-order valence-corrected chi connectivity index (χ1v) is 5.39. The van der Waals surface area contributed by atoms with Gasteiger partial charge in [0.25, 0.3) is 5.91 Å². The number of nitrogens with zero attached hydrogens (tertiary/aromatic N) is 3. The molecule has 0 bridgehead atoms. The van der Waals surface area contributed by atoms with Crippen LogP contribution in [0.3, 0.4) is 0 Å². The van der Waals surface area contributed by atoms with E-state index in [2.05, 4.69) is 15.5 Å². The number of imide groups is 1. The smallest absolute Gasteiger partial charge is 0.253 e. The van der Waals surface area contributed by atoms with Crippen molar-refractivity contribution in [3.8, 4) is 0 Å². The fraction of sp³-hybridized carbons (Fsp3) is 0.273. The maximum Gasteiger partial charge on any atom is 0.253 e. The van der Waals surface area contributed by atoms with Crippen LogP contribution in [0.2, 0.25) is 0 Å². The summed E-state index contributed by atoms with van der Waals surface area (Å²) >= 11 is 0. The highest BCUT2D eigenvalue weighted by Crippen LogP contribution is 2.18. The van der Waals surface area contributed by atoms with Gasteiger partial charge in [0.1, 0.15) is 11.0 Å². The lowest BCUT2D eigenvalue weighted by Crippen LogP contribution is -2.42. The van der Waals surface area contributed by atoms with Gasteiger partial charge in [-0.25, -0.2) is 0 Å². The van der Waals surface area contributed by atoms with E-state index in [4.69, 9.17) is 0 Å². The average Bonchev–Trinajstić information content (AvgIpc) is 2.72.